The van der Waals surface area contributed by atoms with Crippen molar-refractivity contribution in [3.63, 3.8) is 0 Å². The predicted molar refractivity (Wildman–Crippen MR) is 120 cm³/mol. The molecule has 2 heterocycles. The summed E-state index contributed by atoms with van der Waals surface area (Å²) >= 11 is 6.10. The number of nitrogens with zero attached hydrogens (tertiary/aromatic N) is 1. The zero-order chi connectivity index (χ0) is 22.2. The SMILES string of the molecule is COc1ccc(C2=C(O)C(=O)N(Cc3ccc4c(c3)OCO4)[C@H]2c2ccc(Cl)cc2)cc1. The van der Waals surface area contributed by atoms with Crippen LogP contribution >= 0.6 is 11.6 Å². The number of fused-ring (bicyclic) bond motifs is 1. The highest BCUT2D eigenvalue weighted by atomic mass is 35.5. The molecule has 0 unspecified atom stereocenters. The van der Waals surface area contributed by atoms with Crippen LogP contribution in [0, 0.1) is 0 Å². The van der Waals surface area contributed by atoms with Gasteiger partial charge in [0.2, 0.25) is 6.79 Å². The molecule has 0 aliphatic carbocycles. The van der Waals surface area contributed by atoms with Crippen molar-refractivity contribution in [1.82, 2.24) is 4.90 Å². The lowest BCUT2D eigenvalue weighted by molar-refractivity contribution is -0.130. The Balaban J connectivity index is 1.56. The van der Waals surface area contributed by atoms with E-state index in [0.717, 1.165) is 16.7 Å². The number of ether oxygens (including phenoxy) is 3. The van der Waals surface area contributed by atoms with Crippen LogP contribution in [0.1, 0.15) is 22.7 Å². The van der Waals surface area contributed by atoms with Gasteiger partial charge in [0.25, 0.3) is 5.91 Å². The normalized spacial score (nSPS) is 17.2. The van der Waals surface area contributed by atoms with E-state index in [4.69, 9.17) is 25.8 Å². The van der Waals surface area contributed by atoms with E-state index in [1.54, 1.807) is 36.3 Å². The second-order valence-corrected chi connectivity index (χ2v) is 8.00. The quantitative estimate of drug-likeness (QED) is 0.584. The Morgan fingerprint density at radius 2 is 1.75 bits per heavy atom. The highest BCUT2D eigenvalue weighted by Crippen LogP contribution is 2.44. The molecule has 0 bridgehead atoms. The van der Waals surface area contributed by atoms with Crippen LogP contribution in [-0.2, 0) is 11.3 Å². The summed E-state index contributed by atoms with van der Waals surface area (Å²) in [5, 5.41) is 11.5. The third-order valence-corrected chi connectivity index (χ3v) is 5.93. The number of aliphatic hydroxyl groups excluding tert-OH is 1. The number of hydrogen-bond donors (Lipinski definition) is 1. The van der Waals surface area contributed by atoms with Crippen molar-refractivity contribution in [2.75, 3.05) is 13.9 Å². The van der Waals surface area contributed by atoms with Gasteiger partial charge in [-0.25, -0.2) is 0 Å². The van der Waals surface area contributed by atoms with E-state index in [1.807, 2.05) is 42.5 Å². The lowest BCUT2D eigenvalue weighted by Crippen LogP contribution is -2.29. The first-order valence-electron chi connectivity index (χ1n) is 10.1. The number of halogens is 1. The van der Waals surface area contributed by atoms with Crippen molar-refractivity contribution in [3.8, 4) is 17.2 Å². The fourth-order valence-electron chi connectivity index (χ4n) is 4.11. The Kier molecular flexibility index (Phi) is 5.15. The average molecular weight is 450 g/mol. The van der Waals surface area contributed by atoms with Crippen LogP contribution in [0.25, 0.3) is 5.57 Å². The number of hydrogen-bond acceptors (Lipinski definition) is 5. The van der Waals surface area contributed by atoms with Crippen molar-refractivity contribution in [2.24, 2.45) is 0 Å². The molecule has 0 spiro atoms. The average Bonchev–Trinajstić information content (AvgIpc) is 3.38. The van der Waals surface area contributed by atoms with Crippen LogP contribution in [0.4, 0.5) is 0 Å². The molecule has 2 aliphatic heterocycles. The van der Waals surface area contributed by atoms with Crippen molar-refractivity contribution < 1.29 is 24.1 Å². The molecule has 7 heteroatoms. The van der Waals surface area contributed by atoms with Crippen LogP contribution in [0.2, 0.25) is 5.02 Å². The number of rotatable bonds is 5. The Bertz CT molecular complexity index is 1200. The second-order valence-electron chi connectivity index (χ2n) is 7.57. The van der Waals surface area contributed by atoms with Gasteiger partial charge in [0.1, 0.15) is 5.75 Å². The van der Waals surface area contributed by atoms with Gasteiger partial charge in [-0.3, -0.25) is 4.79 Å². The van der Waals surface area contributed by atoms with Gasteiger partial charge in [0.15, 0.2) is 17.3 Å². The third-order valence-electron chi connectivity index (χ3n) is 5.68. The van der Waals surface area contributed by atoms with Crippen LogP contribution in [0.3, 0.4) is 0 Å². The molecule has 1 N–H and O–H groups in total. The summed E-state index contributed by atoms with van der Waals surface area (Å²) in [6.07, 6.45) is 0. The van der Waals surface area contributed by atoms with Crippen molar-refractivity contribution in [3.05, 3.63) is 94.2 Å². The third kappa shape index (κ3) is 3.52. The van der Waals surface area contributed by atoms with Gasteiger partial charge < -0.3 is 24.2 Å². The molecule has 0 fully saturated rings. The van der Waals surface area contributed by atoms with Crippen LogP contribution in [0.5, 0.6) is 17.2 Å². The fourth-order valence-corrected chi connectivity index (χ4v) is 4.24. The minimum atomic E-state index is -0.487. The summed E-state index contributed by atoms with van der Waals surface area (Å²) in [7, 11) is 1.59. The van der Waals surface area contributed by atoms with E-state index >= 15 is 0 Å². The molecule has 0 aromatic heterocycles. The van der Waals surface area contributed by atoms with Gasteiger partial charge in [-0.05, 0) is 53.1 Å². The molecular weight excluding hydrogens is 430 g/mol. The Morgan fingerprint density at radius 1 is 1.03 bits per heavy atom. The molecule has 3 aromatic rings. The molecule has 5 rings (SSSR count). The summed E-state index contributed by atoms with van der Waals surface area (Å²) in [5.74, 6) is 1.31. The van der Waals surface area contributed by atoms with Gasteiger partial charge in [-0.2, -0.15) is 0 Å². The largest absolute Gasteiger partial charge is 0.503 e. The number of amides is 1. The summed E-state index contributed by atoms with van der Waals surface area (Å²) in [6.45, 7) is 0.464. The van der Waals surface area contributed by atoms with E-state index in [2.05, 4.69) is 0 Å². The molecule has 1 atom stereocenters. The molecule has 3 aromatic carbocycles. The van der Waals surface area contributed by atoms with E-state index in [-0.39, 0.29) is 19.1 Å². The fraction of sp³-hybridized carbons (Fsp3) is 0.160. The van der Waals surface area contributed by atoms with Gasteiger partial charge in [0.05, 0.1) is 13.2 Å². The van der Waals surface area contributed by atoms with E-state index in [0.29, 0.717) is 27.8 Å². The summed E-state index contributed by atoms with van der Waals surface area (Å²) < 4.78 is 16.1. The smallest absolute Gasteiger partial charge is 0.290 e. The molecule has 0 saturated heterocycles. The molecule has 0 saturated carbocycles. The lowest BCUT2D eigenvalue weighted by atomic mass is 9.93. The molecule has 162 valence electrons. The van der Waals surface area contributed by atoms with E-state index in [1.165, 1.54) is 0 Å². The highest BCUT2D eigenvalue weighted by Gasteiger charge is 2.41. The summed E-state index contributed by atoms with van der Waals surface area (Å²) in [6, 6.07) is 19.7. The first-order valence-corrected chi connectivity index (χ1v) is 10.5. The molecule has 0 radical (unpaired) electrons. The molecule has 32 heavy (non-hydrogen) atoms. The molecular formula is C25H20ClNO5. The zero-order valence-electron chi connectivity index (χ0n) is 17.2. The lowest BCUT2D eigenvalue weighted by Gasteiger charge is -2.27. The number of carbonyl (C=O) groups excluding carboxylic acids is 1. The van der Waals surface area contributed by atoms with Crippen molar-refractivity contribution >= 4 is 23.1 Å². The van der Waals surface area contributed by atoms with Crippen LogP contribution in [-0.4, -0.2) is 29.8 Å². The second kappa shape index (κ2) is 8.13. The van der Waals surface area contributed by atoms with E-state index in [9.17, 15) is 9.90 Å². The minimum Gasteiger partial charge on any atom is -0.503 e. The Morgan fingerprint density at radius 3 is 2.47 bits per heavy atom. The van der Waals surface area contributed by atoms with Crippen molar-refractivity contribution in [1.29, 1.82) is 0 Å². The number of benzene rings is 3. The number of aliphatic hydroxyl groups is 1. The van der Waals surface area contributed by atoms with Gasteiger partial charge >= 0.3 is 0 Å². The minimum absolute atomic E-state index is 0.179. The topological polar surface area (TPSA) is 68.2 Å². The Labute approximate surface area is 190 Å². The highest BCUT2D eigenvalue weighted by molar-refractivity contribution is 6.30. The maximum atomic E-state index is 13.2. The predicted octanol–water partition coefficient (Wildman–Crippen LogP) is 5.13. The molecule has 2 aliphatic rings. The zero-order valence-corrected chi connectivity index (χ0v) is 18.0. The first kappa shape index (κ1) is 20.3. The van der Waals surface area contributed by atoms with Crippen LogP contribution < -0.4 is 14.2 Å². The standard InChI is InChI=1S/C25H20ClNO5/c1-30-19-9-5-16(6-10-19)22-23(17-3-7-18(26)8-4-17)27(25(29)24(22)28)13-15-2-11-20-21(12-15)32-14-31-20/h2-12,23,28H,13-14H2,1H3/t23-/m0/s1. The first-order chi connectivity index (χ1) is 15.5. The van der Waals surface area contributed by atoms with Gasteiger partial charge in [0, 0.05) is 17.1 Å². The van der Waals surface area contributed by atoms with Crippen molar-refractivity contribution in [2.45, 2.75) is 12.6 Å². The maximum Gasteiger partial charge on any atom is 0.290 e. The molecule has 6 nitrogen and oxygen atoms in total. The Hall–Kier alpha value is -3.64. The molecule has 1 amide bonds. The summed E-state index contributed by atoms with van der Waals surface area (Å²) in [4.78, 5) is 14.9. The van der Waals surface area contributed by atoms with Gasteiger partial charge in [-0.15, -0.1) is 0 Å². The van der Waals surface area contributed by atoms with E-state index < -0.39 is 11.9 Å². The van der Waals surface area contributed by atoms with Crippen LogP contribution in [0.15, 0.2) is 72.5 Å². The maximum absolute atomic E-state index is 13.2. The summed E-state index contributed by atoms with van der Waals surface area (Å²) in [5.41, 5.74) is 2.99. The van der Waals surface area contributed by atoms with Gasteiger partial charge in [-0.1, -0.05) is 41.9 Å². The monoisotopic (exact) mass is 449 g/mol. The number of methoxy groups -OCH3 is 1. The number of carbonyl (C=O) groups is 1.